The number of aromatic nitrogens is 1. The first kappa shape index (κ1) is 31.5. The molecule has 0 aliphatic rings. The molecule has 0 spiro atoms. The van der Waals surface area contributed by atoms with E-state index in [0.717, 1.165) is 55.8 Å². The van der Waals surface area contributed by atoms with Crippen molar-refractivity contribution in [2.45, 2.75) is 0 Å². The van der Waals surface area contributed by atoms with Crippen molar-refractivity contribution >= 4 is 49.7 Å². The van der Waals surface area contributed by atoms with Crippen molar-refractivity contribution in [2.75, 3.05) is 4.90 Å². The molecular weight excluding hydrogens is 657 g/mol. The van der Waals surface area contributed by atoms with Gasteiger partial charge in [0, 0.05) is 28.1 Å². The fraction of sp³-hybridized carbons (Fsp3) is 0. The van der Waals surface area contributed by atoms with Crippen LogP contribution in [0.3, 0.4) is 0 Å². The van der Waals surface area contributed by atoms with Crippen molar-refractivity contribution in [3.05, 3.63) is 206 Å². The molecule has 0 atom stereocenters. The van der Waals surface area contributed by atoms with E-state index in [1.807, 2.05) is 6.07 Å². The van der Waals surface area contributed by atoms with Crippen molar-refractivity contribution in [1.29, 1.82) is 0 Å². The largest absolute Gasteiger partial charge is 0.435 e. The second-order valence-corrected chi connectivity index (χ2v) is 13.6. The summed E-state index contributed by atoms with van der Waals surface area (Å²) in [6, 6.07) is 72.9. The molecule has 54 heavy (non-hydrogen) atoms. The number of oxazole rings is 1. The van der Waals surface area contributed by atoms with Crippen molar-refractivity contribution in [2.24, 2.45) is 0 Å². The lowest BCUT2D eigenvalue weighted by atomic mass is 9.97. The lowest BCUT2D eigenvalue weighted by Crippen LogP contribution is -2.11. The van der Waals surface area contributed by atoms with Crippen LogP contribution in [-0.2, 0) is 0 Å². The predicted octanol–water partition coefficient (Wildman–Crippen LogP) is 14.3. The maximum Gasteiger partial charge on any atom is 0.227 e. The van der Waals surface area contributed by atoms with Crippen LogP contribution in [0.4, 0.5) is 17.1 Å². The molecule has 0 aliphatic heterocycles. The molecule has 1 heterocycles. The highest BCUT2D eigenvalue weighted by molar-refractivity contribution is 5.98. The molecule has 9 aromatic carbocycles. The third-order valence-corrected chi connectivity index (χ3v) is 10.3. The van der Waals surface area contributed by atoms with Gasteiger partial charge < -0.3 is 9.32 Å². The van der Waals surface area contributed by atoms with Gasteiger partial charge in [-0.05, 0) is 92.3 Å². The molecule has 10 rings (SSSR count). The molecule has 3 nitrogen and oxygen atoms in total. The molecule has 0 saturated heterocycles. The molecule has 0 aliphatic carbocycles. The van der Waals surface area contributed by atoms with Gasteiger partial charge in [0.25, 0.3) is 0 Å². The summed E-state index contributed by atoms with van der Waals surface area (Å²) in [7, 11) is 0. The highest BCUT2D eigenvalue weighted by Gasteiger charge is 2.19. The molecule has 10 aromatic rings. The third-order valence-electron chi connectivity index (χ3n) is 10.3. The van der Waals surface area contributed by atoms with Gasteiger partial charge in [-0.25, -0.2) is 4.98 Å². The second-order valence-electron chi connectivity index (χ2n) is 13.6. The van der Waals surface area contributed by atoms with Gasteiger partial charge in [0.15, 0.2) is 5.58 Å². The van der Waals surface area contributed by atoms with Crippen LogP contribution in [0.2, 0.25) is 0 Å². The summed E-state index contributed by atoms with van der Waals surface area (Å²) in [6.45, 7) is 0. The van der Waals surface area contributed by atoms with E-state index in [9.17, 15) is 0 Å². The summed E-state index contributed by atoms with van der Waals surface area (Å²) in [6.07, 6.45) is 0. The van der Waals surface area contributed by atoms with Crippen LogP contribution in [0.5, 0.6) is 0 Å². The number of rotatable bonds is 7. The quantitative estimate of drug-likeness (QED) is 0.167. The van der Waals surface area contributed by atoms with E-state index in [2.05, 4.69) is 205 Å². The first-order chi connectivity index (χ1) is 26.8. The van der Waals surface area contributed by atoms with Crippen LogP contribution in [0.1, 0.15) is 0 Å². The first-order valence-corrected chi connectivity index (χ1v) is 18.3. The Hall–Kier alpha value is -7.23. The molecule has 0 N–H and O–H groups in total. The van der Waals surface area contributed by atoms with Crippen molar-refractivity contribution in [1.82, 2.24) is 4.98 Å². The summed E-state index contributed by atoms with van der Waals surface area (Å²) in [4.78, 5) is 7.26. The van der Waals surface area contributed by atoms with E-state index in [1.165, 1.54) is 32.8 Å². The van der Waals surface area contributed by atoms with Crippen LogP contribution < -0.4 is 4.90 Å². The smallest absolute Gasteiger partial charge is 0.227 e. The topological polar surface area (TPSA) is 29.3 Å². The molecule has 3 heteroatoms. The van der Waals surface area contributed by atoms with E-state index in [0.29, 0.717) is 5.89 Å². The first-order valence-electron chi connectivity index (χ1n) is 18.3. The van der Waals surface area contributed by atoms with Crippen LogP contribution in [-0.4, -0.2) is 4.98 Å². The number of benzene rings is 9. The Bertz CT molecular complexity index is 2920. The van der Waals surface area contributed by atoms with E-state index in [1.54, 1.807) is 0 Å². The van der Waals surface area contributed by atoms with Crippen molar-refractivity contribution in [3.8, 4) is 44.8 Å². The Morgan fingerprint density at radius 1 is 0.370 bits per heavy atom. The normalized spacial score (nSPS) is 11.3. The minimum absolute atomic E-state index is 0.621. The van der Waals surface area contributed by atoms with Gasteiger partial charge in [-0.15, -0.1) is 0 Å². The summed E-state index contributed by atoms with van der Waals surface area (Å²) >= 11 is 0. The molecule has 1 aromatic heterocycles. The fourth-order valence-corrected chi connectivity index (χ4v) is 7.64. The number of nitrogens with zero attached hydrogens (tertiary/aromatic N) is 2. The highest BCUT2D eigenvalue weighted by Crippen LogP contribution is 2.43. The Balaban J connectivity index is 1.06. The molecule has 0 bridgehead atoms. The number of hydrogen-bond acceptors (Lipinski definition) is 3. The molecule has 254 valence electrons. The zero-order chi connectivity index (χ0) is 35.8. The maximum absolute atomic E-state index is 6.52. The molecule has 0 fully saturated rings. The van der Waals surface area contributed by atoms with Gasteiger partial charge in [0.05, 0.1) is 5.69 Å². The average molecular weight is 691 g/mol. The zero-order valence-electron chi connectivity index (χ0n) is 29.4. The minimum Gasteiger partial charge on any atom is -0.435 e. The van der Waals surface area contributed by atoms with Crippen molar-refractivity contribution < 1.29 is 4.42 Å². The van der Waals surface area contributed by atoms with Crippen LogP contribution in [0.25, 0.3) is 77.5 Å². The minimum atomic E-state index is 0.621. The lowest BCUT2D eigenvalue weighted by Gasteiger charge is -2.28. The van der Waals surface area contributed by atoms with E-state index in [4.69, 9.17) is 9.40 Å². The standard InChI is InChI=1S/C51H34N2O/c1-2-13-37(14-3-1)46-19-8-9-23-49(46)53(42-30-26-38(27-31-42)45-20-10-17-36-15-6-7-18-44(36)45)43-32-28-39(29-33-43)47-21-11-22-48-50(47)54-51(52-48)41-25-24-35-12-4-5-16-40(35)34-41/h1-34H. The Kier molecular flexibility index (Phi) is 7.81. The number of anilines is 3. The Labute approximate surface area is 314 Å². The number of hydrogen-bond donors (Lipinski definition) is 0. The van der Waals surface area contributed by atoms with Gasteiger partial charge in [-0.2, -0.15) is 0 Å². The zero-order valence-corrected chi connectivity index (χ0v) is 29.4. The number of fused-ring (bicyclic) bond motifs is 3. The average Bonchev–Trinajstić information content (AvgIpc) is 3.70. The van der Waals surface area contributed by atoms with Crippen LogP contribution in [0, 0.1) is 0 Å². The molecular formula is C51H34N2O. The summed E-state index contributed by atoms with van der Waals surface area (Å²) in [5.41, 5.74) is 12.6. The number of para-hydroxylation sites is 2. The summed E-state index contributed by atoms with van der Waals surface area (Å²) in [5.74, 6) is 0.621. The predicted molar refractivity (Wildman–Crippen MR) is 225 cm³/mol. The van der Waals surface area contributed by atoms with Gasteiger partial charge >= 0.3 is 0 Å². The highest BCUT2D eigenvalue weighted by atomic mass is 16.3. The Morgan fingerprint density at radius 2 is 0.926 bits per heavy atom. The maximum atomic E-state index is 6.52. The lowest BCUT2D eigenvalue weighted by molar-refractivity contribution is 0.621. The third kappa shape index (κ3) is 5.69. The molecule has 0 radical (unpaired) electrons. The monoisotopic (exact) mass is 690 g/mol. The van der Waals surface area contributed by atoms with Crippen LogP contribution in [0.15, 0.2) is 211 Å². The van der Waals surface area contributed by atoms with E-state index < -0.39 is 0 Å². The van der Waals surface area contributed by atoms with E-state index in [-0.39, 0.29) is 0 Å². The van der Waals surface area contributed by atoms with E-state index >= 15 is 0 Å². The summed E-state index contributed by atoms with van der Waals surface area (Å²) in [5, 5.41) is 4.85. The molecule has 0 amide bonds. The van der Waals surface area contributed by atoms with Gasteiger partial charge in [-0.3, -0.25) is 0 Å². The van der Waals surface area contributed by atoms with Gasteiger partial charge in [0.1, 0.15) is 5.52 Å². The summed E-state index contributed by atoms with van der Waals surface area (Å²) < 4.78 is 6.52. The van der Waals surface area contributed by atoms with Crippen LogP contribution >= 0.6 is 0 Å². The van der Waals surface area contributed by atoms with Gasteiger partial charge in [0.2, 0.25) is 5.89 Å². The SMILES string of the molecule is c1ccc(-c2ccccc2N(c2ccc(-c3cccc4ccccc34)cc2)c2ccc(-c3cccc4nc(-c5ccc6ccccc6c5)oc34)cc2)cc1. The Morgan fingerprint density at radius 3 is 1.72 bits per heavy atom. The molecule has 0 unspecified atom stereocenters. The second kappa shape index (κ2) is 13.4. The fourth-order valence-electron chi connectivity index (χ4n) is 7.64. The van der Waals surface area contributed by atoms with Crippen molar-refractivity contribution in [3.63, 3.8) is 0 Å². The molecule has 0 saturated carbocycles. The van der Waals surface area contributed by atoms with Gasteiger partial charge in [-0.1, -0.05) is 158 Å².